The molecule has 0 heterocycles. The van der Waals surface area contributed by atoms with Gasteiger partial charge in [0.25, 0.3) is 0 Å². The number of carbonyl (C=O) groups excluding carboxylic acids is 3. The van der Waals surface area contributed by atoms with Crippen LogP contribution in [0.3, 0.4) is 0 Å². The van der Waals surface area contributed by atoms with Crippen molar-refractivity contribution < 1.29 is 39.3 Å². The number of carbonyl (C=O) groups is 5. The Hall–Kier alpha value is -3.50. The Kier molecular flexibility index (Phi) is 15.3. The Balaban J connectivity index is 5.46. The third-order valence-electron chi connectivity index (χ3n) is 4.68. The molecule has 35 heavy (non-hydrogen) atoms. The summed E-state index contributed by atoms with van der Waals surface area (Å²) in [6.07, 6.45) is 0.382. The number of hydrogen-bond donors (Lipinski definition) is 10. The average Bonchev–Trinajstić information content (AvgIpc) is 2.78. The number of hydrogen-bond acceptors (Lipinski definition) is 9. The van der Waals surface area contributed by atoms with E-state index in [1.54, 1.807) is 0 Å². The Bertz CT molecular complexity index is 759. The highest BCUT2D eigenvalue weighted by Crippen LogP contribution is 2.06. The number of carboxylic acids is 2. The minimum atomic E-state index is -1.60. The van der Waals surface area contributed by atoms with Crippen LogP contribution in [-0.2, 0) is 24.0 Å². The zero-order chi connectivity index (χ0) is 27.0. The summed E-state index contributed by atoms with van der Waals surface area (Å²) in [5.41, 5.74) is 21.3. The van der Waals surface area contributed by atoms with Crippen LogP contribution in [0, 0.1) is 0 Å². The Morgan fingerprint density at radius 2 is 1.34 bits per heavy atom. The zero-order valence-corrected chi connectivity index (χ0v) is 19.3. The van der Waals surface area contributed by atoms with Gasteiger partial charge in [-0.3, -0.25) is 24.2 Å². The number of nitrogens with two attached hydrogens (primary N) is 4. The number of aliphatic hydroxyl groups excluding tert-OH is 1. The Morgan fingerprint density at radius 3 is 1.86 bits per heavy atom. The maximum atomic E-state index is 12.8. The average molecular weight is 505 g/mol. The van der Waals surface area contributed by atoms with Crippen LogP contribution in [-0.4, -0.2) is 94.8 Å². The summed E-state index contributed by atoms with van der Waals surface area (Å²) >= 11 is 0. The molecular weight excluding hydrogens is 468 g/mol. The van der Waals surface area contributed by atoms with Crippen LogP contribution in [0.2, 0.25) is 0 Å². The van der Waals surface area contributed by atoms with Gasteiger partial charge in [0.2, 0.25) is 17.7 Å². The molecule has 0 aromatic heterocycles. The molecule has 16 nitrogen and oxygen atoms in total. The van der Waals surface area contributed by atoms with E-state index in [0.29, 0.717) is 19.4 Å². The highest BCUT2D eigenvalue weighted by atomic mass is 16.4. The first-order valence-electron chi connectivity index (χ1n) is 10.9. The first-order chi connectivity index (χ1) is 16.4. The van der Waals surface area contributed by atoms with E-state index in [1.807, 2.05) is 0 Å². The van der Waals surface area contributed by atoms with Gasteiger partial charge in [0, 0.05) is 6.54 Å². The van der Waals surface area contributed by atoms with E-state index in [-0.39, 0.29) is 31.8 Å². The second-order valence-corrected chi connectivity index (χ2v) is 7.64. The van der Waals surface area contributed by atoms with Crippen molar-refractivity contribution >= 4 is 35.6 Å². The van der Waals surface area contributed by atoms with Crippen molar-refractivity contribution in [2.45, 2.75) is 62.7 Å². The number of aliphatic carboxylic acids is 2. The van der Waals surface area contributed by atoms with Gasteiger partial charge in [-0.25, -0.2) is 4.79 Å². The molecule has 0 aliphatic carbocycles. The molecule has 0 aromatic carbocycles. The molecule has 0 radical (unpaired) electrons. The summed E-state index contributed by atoms with van der Waals surface area (Å²) in [5.74, 6) is -5.69. The fraction of sp³-hybridized carbons (Fsp3) is 0.684. The van der Waals surface area contributed by atoms with Gasteiger partial charge in [0.05, 0.1) is 13.0 Å². The van der Waals surface area contributed by atoms with Crippen molar-refractivity contribution in [2.75, 3.05) is 19.7 Å². The molecule has 200 valence electrons. The van der Waals surface area contributed by atoms with E-state index in [9.17, 15) is 29.1 Å². The lowest BCUT2D eigenvalue weighted by Crippen LogP contribution is -2.57. The van der Waals surface area contributed by atoms with Gasteiger partial charge in [0.15, 0.2) is 5.96 Å². The van der Waals surface area contributed by atoms with E-state index in [1.165, 1.54) is 0 Å². The monoisotopic (exact) mass is 504 g/mol. The second kappa shape index (κ2) is 17.0. The number of unbranched alkanes of at least 4 members (excludes halogenated alkanes) is 1. The molecule has 16 heteroatoms. The summed E-state index contributed by atoms with van der Waals surface area (Å²) < 4.78 is 0. The highest BCUT2D eigenvalue weighted by molar-refractivity contribution is 5.95. The van der Waals surface area contributed by atoms with Gasteiger partial charge >= 0.3 is 11.9 Å². The minimum absolute atomic E-state index is 0.00192. The first-order valence-corrected chi connectivity index (χ1v) is 10.9. The minimum Gasteiger partial charge on any atom is -0.481 e. The molecule has 0 bridgehead atoms. The smallest absolute Gasteiger partial charge is 0.326 e. The normalized spacial score (nSPS) is 14.0. The van der Waals surface area contributed by atoms with Crippen molar-refractivity contribution in [3.8, 4) is 0 Å². The standard InChI is InChI=1S/C19H36N8O8/c20-6-2-1-4-11(16(32)26-12(18(34)35)5-3-7-24-19(22)23)25-17(33)13(8-14(29)30)27-15(31)10(21)9-28/h10-13,28H,1-9,20-21H2,(H,25,33)(H,26,32)(H,27,31)(H,29,30)(H,34,35)(H4,22,23,24). The molecule has 0 fully saturated rings. The number of aliphatic imine (C=N–C) groups is 1. The van der Waals surface area contributed by atoms with Gasteiger partial charge < -0.3 is 54.2 Å². The van der Waals surface area contributed by atoms with Crippen molar-refractivity contribution in [3.63, 3.8) is 0 Å². The molecule has 3 amide bonds. The summed E-state index contributed by atoms with van der Waals surface area (Å²) in [5, 5.41) is 34.3. The predicted molar refractivity (Wildman–Crippen MR) is 124 cm³/mol. The number of guanidine groups is 1. The lowest BCUT2D eigenvalue weighted by molar-refractivity contribution is -0.143. The molecule has 0 aromatic rings. The van der Waals surface area contributed by atoms with Crippen molar-refractivity contribution in [3.05, 3.63) is 0 Å². The predicted octanol–water partition coefficient (Wildman–Crippen LogP) is -4.50. The molecule has 14 N–H and O–H groups in total. The van der Waals surface area contributed by atoms with Gasteiger partial charge in [0.1, 0.15) is 24.2 Å². The molecule has 4 atom stereocenters. The SMILES string of the molecule is NCCCCC(NC(=O)C(CC(=O)O)NC(=O)C(N)CO)C(=O)NC(CCCN=C(N)N)C(=O)O. The highest BCUT2D eigenvalue weighted by Gasteiger charge is 2.31. The maximum Gasteiger partial charge on any atom is 0.326 e. The molecule has 0 aliphatic heterocycles. The van der Waals surface area contributed by atoms with Gasteiger partial charge in [-0.1, -0.05) is 0 Å². The van der Waals surface area contributed by atoms with E-state index in [2.05, 4.69) is 20.9 Å². The van der Waals surface area contributed by atoms with E-state index in [4.69, 9.17) is 33.1 Å². The molecule has 0 aliphatic rings. The summed E-state index contributed by atoms with van der Waals surface area (Å²) in [6.45, 7) is -0.288. The van der Waals surface area contributed by atoms with Crippen LogP contribution >= 0.6 is 0 Å². The fourth-order valence-electron chi connectivity index (χ4n) is 2.81. The molecular formula is C19H36N8O8. The van der Waals surface area contributed by atoms with Crippen LogP contribution in [0.4, 0.5) is 0 Å². The van der Waals surface area contributed by atoms with Crippen molar-refractivity contribution in [1.82, 2.24) is 16.0 Å². The molecule has 0 spiro atoms. The zero-order valence-electron chi connectivity index (χ0n) is 19.3. The number of nitrogens with zero attached hydrogens (tertiary/aromatic N) is 1. The third kappa shape index (κ3) is 13.7. The van der Waals surface area contributed by atoms with Crippen molar-refractivity contribution in [1.29, 1.82) is 0 Å². The molecule has 4 unspecified atom stereocenters. The van der Waals surface area contributed by atoms with Gasteiger partial charge in [-0.15, -0.1) is 0 Å². The van der Waals surface area contributed by atoms with Crippen LogP contribution in [0.15, 0.2) is 4.99 Å². The lowest BCUT2D eigenvalue weighted by Gasteiger charge is -2.24. The van der Waals surface area contributed by atoms with Gasteiger partial charge in [-0.2, -0.15) is 0 Å². The third-order valence-corrected chi connectivity index (χ3v) is 4.68. The summed E-state index contributed by atoms with van der Waals surface area (Å²) in [6, 6.07) is -5.54. The van der Waals surface area contributed by atoms with Crippen LogP contribution in [0.25, 0.3) is 0 Å². The van der Waals surface area contributed by atoms with Gasteiger partial charge in [-0.05, 0) is 38.6 Å². The van der Waals surface area contributed by atoms with E-state index >= 15 is 0 Å². The molecule has 0 saturated heterocycles. The summed E-state index contributed by atoms with van der Waals surface area (Å²) in [7, 11) is 0. The Labute approximate surface area is 201 Å². The largest absolute Gasteiger partial charge is 0.481 e. The van der Waals surface area contributed by atoms with Crippen LogP contribution in [0.1, 0.15) is 38.5 Å². The van der Waals surface area contributed by atoms with E-state index in [0.717, 1.165) is 0 Å². The number of rotatable bonds is 18. The topological polar surface area (TPSA) is 299 Å². The Morgan fingerprint density at radius 1 is 0.800 bits per heavy atom. The number of aliphatic hydroxyl groups is 1. The number of carboxylic acid groups (broad SMARTS) is 2. The van der Waals surface area contributed by atoms with Crippen molar-refractivity contribution in [2.24, 2.45) is 27.9 Å². The second-order valence-electron chi connectivity index (χ2n) is 7.64. The first kappa shape index (κ1) is 31.5. The molecule has 0 saturated carbocycles. The number of amides is 3. The van der Waals surface area contributed by atoms with Crippen LogP contribution < -0.4 is 38.9 Å². The van der Waals surface area contributed by atoms with Crippen LogP contribution in [0.5, 0.6) is 0 Å². The molecule has 0 rings (SSSR count). The van der Waals surface area contributed by atoms with E-state index < -0.39 is 66.9 Å². The fourth-order valence-corrected chi connectivity index (χ4v) is 2.81. The quantitative estimate of drug-likeness (QED) is 0.0480. The lowest BCUT2D eigenvalue weighted by atomic mass is 10.1. The summed E-state index contributed by atoms with van der Waals surface area (Å²) in [4.78, 5) is 63.9. The number of nitrogens with one attached hydrogen (secondary N) is 3. The maximum absolute atomic E-state index is 12.8.